The maximum absolute atomic E-state index is 12.2. The molecular weight excluding hydrogens is 254 g/mol. The molecule has 0 aromatic rings. The Kier molecular flexibility index (Phi) is 5.55. The van der Waals surface area contributed by atoms with Gasteiger partial charge >= 0.3 is 0 Å². The van der Waals surface area contributed by atoms with E-state index in [1.807, 2.05) is 0 Å². The van der Waals surface area contributed by atoms with Gasteiger partial charge in [0.2, 0.25) is 10.0 Å². The highest BCUT2D eigenvalue weighted by atomic mass is 32.2. The second-order valence-electron chi connectivity index (χ2n) is 4.72. The average molecular weight is 277 g/mol. The van der Waals surface area contributed by atoms with Crippen molar-refractivity contribution in [2.24, 2.45) is 11.7 Å². The summed E-state index contributed by atoms with van der Waals surface area (Å²) in [4.78, 5) is 0. The molecule has 1 aliphatic rings. The maximum atomic E-state index is 12.2. The quantitative estimate of drug-likeness (QED) is 0.519. The first-order valence-electron chi connectivity index (χ1n) is 6.30. The lowest BCUT2D eigenvalue weighted by molar-refractivity contribution is 0.126. The van der Waals surface area contributed by atoms with Crippen molar-refractivity contribution in [3.63, 3.8) is 0 Å². The van der Waals surface area contributed by atoms with E-state index in [0.29, 0.717) is 13.2 Å². The van der Waals surface area contributed by atoms with Crippen molar-refractivity contribution < 1.29 is 13.2 Å². The Morgan fingerprint density at radius 2 is 2.28 bits per heavy atom. The first-order valence-corrected chi connectivity index (χ1v) is 7.91. The highest BCUT2D eigenvalue weighted by Crippen LogP contribution is 2.16. The van der Waals surface area contributed by atoms with E-state index >= 15 is 0 Å². The fraction of sp³-hybridized carbons (Fsp3) is 0.909. The molecule has 1 rings (SSSR count). The van der Waals surface area contributed by atoms with Crippen LogP contribution in [0.25, 0.3) is 0 Å². The molecular formula is C11H23N3O3S. The van der Waals surface area contributed by atoms with Crippen molar-refractivity contribution in [2.75, 3.05) is 25.4 Å². The second kappa shape index (κ2) is 6.49. The van der Waals surface area contributed by atoms with Gasteiger partial charge in [-0.25, -0.2) is 12.7 Å². The normalized spacial score (nSPS) is 22.3. The number of hydrogen-bond acceptors (Lipinski definition) is 4. The number of nitrogens with two attached hydrogens (primary N) is 1. The van der Waals surface area contributed by atoms with E-state index in [1.165, 1.54) is 4.31 Å². The third-order valence-electron chi connectivity index (χ3n) is 3.18. The third kappa shape index (κ3) is 4.22. The Morgan fingerprint density at radius 1 is 1.61 bits per heavy atom. The number of hydrogen-bond donors (Lipinski definition) is 2. The Morgan fingerprint density at radius 3 is 2.72 bits per heavy atom. The molecule has 0 amide bonds. The number of sulfonamides is 1. The summed E-state index contributed by atoms with van der Waals surface area (Å²) in [6.45, 7) is 4.86. The van der Waals surface area contributed by atoms with Gasteiger partial charge in [-0.05, 0) is 12.8 Å². The molecule has 1 saturated heterocycles. The lowest BCUT2D eigenvalue weighted by Crippen LogP contribution is -2.41. The summed E-state index contributed by atoms with van der Waals surface area (Å²) < 4.78 is 31.2. The van der Waals surface area contributed by atoms with Gasteiger partial charge in [0.05, 0.1) is 17.7 Å². The average Bonchev–Trinajstić information content (AvgIpc) is 2.76. The van der Waals surface area contributed by atoms with Crippen LogP contribution in [0, 0.1) is 11.3 Å². The monoisotopic (exact) mass is 277 g/mol. The van der Waals surface area contributed by atoms with E-state index in [-0.39, 0.29) is 30.2 Å². The number of nitrogens with zero attached hydrogens (tertiary/aromatic N) is 1. The number of ether oxygens (including phenoxy) is 1. The second-order valence-corrected chi connectivity index (χ2v) is 6.73. The molecule has 106 valence electrons. The minimum absolute atomic E-state index is 0.0146. The molecule has 3 N–H and O–H groups in total. The molecule has 1 aliphatic heterocycles. The standard InChI is InChI=1S/C11H23N3O3S/c1-3-14(7-9(2)11(12)13)18(15,16)8-10-5-4-6-17-10/h9-10H,3-8H2,1-2H3,(H3,12,13). The molecule has 0 aromatic heterocycles. The topological polar surface area (TPSA) is 96.5 Å². The van der Waals surface area contributed by atoms with E-state index in [0.717, 1.165) is 12.8 Å². The predicted molar refractivity (Wildman–Crippen MR) is 71.1 cm³/mol. The molecule has 0 spiro atoms. The van der Waals surface area contributed by atoms with Gasteiger partial charge in [-0.15, -0.1) is 0 Å². The van der Waals surface area contributed by atoms with Gasteiger partial charge < -0.3 is 10.5 Å². The van der Waals surface area contributed by atoms with Gasteiger partial charge in [-0.1, -0.05) is 13.8 Å². The van der Waals surface area contributed by atoms with Crippen LogP contribution in [-0.4, -0.2) is 50.1 Å². The highest BCUT2D eigenvalue weighted by Gasteiger charge is 2.29. The first kappa shape index (κ1) is 15.4. The lowest BCUT2D eigenvalue weighted by Gasteiger charge is -2.24. The summed E-state index contributed by atoms with van der Waals surface area (Å²) in [5.41, 5.74) is 5.38. The molecule has 0 aromatic carbocycles. The summed E-state index contributed by atoms with van der Waals surface area (Å²) in [6, 6.07) is 0. The Bertz CT molecular complexity index is 377. The van der Waals surface area contributed by atoms with Gasteiger partial charge in [-0.2, -0.15) is 0 Å². The Balaban J connectivity index is 2.63. The minimum Gasteiger partial charge on any atom is -0.387 e. The van der Waals surface area contributed by atoms with Crippen molar-refractivity contribution in [1.29, 1.82) is 5.41 Å². The molecule has 6 nitrogen and oxygen atoms in total. The molecule has 0 saturated carbocycles. The first-order chi connectivity index (χ1) is 8.36. The molecule has 0 radical (unpaired) electrons. The van der Waals surface area contributed by atoms with Crippen molar-refractivity contribution in [1.82, 2.24) is 4.31 Å². The Hall–Kier alpha value is -0.660. The van der Waals surface area contributed by atoms with Crippen LogP contribution in [0.5, 0.6) is 0 Å². The summed E-state index contributed by atoms with van der Waals surface area (Å²) in [6.07, 6.45) is 1.55. The van der Waals surface area contributed by atoms with Gasteiger partial charge in [0.15, 0.2) is 0 Å². The minimum atomic E-state index is -3.33. The molecule has 7 heteroatoms. The van der Waals surface area contributed by atoms with Crippen LogP contribution in [0.1, 0.15) is 26.7 Å². The van der Waals surface area contributed by atoms with E-state index < -0.39 is 10.0 Å². The Labute approximate surface area is 109 Å². The zero-order valence-corrected chi connectivity index (χ0v) is 11.9. The van der Waals surface area contributed by atoms with Gasteiger partial charge in [0.1, 0.15) is 0 Å². The molecule has 2 unspecified atom stereocenters. The molecule has 2 atom stereocenters. The lowest BCUT2D eigenvalue weighted by atomic mass is 10.1. The molecule has 1 heterocycles. The van der Waals surface area contributed by atoms with Crippen molar-refractivity contribution >= 4 is 15.9 Å². The smallest absolute Gasteiger partial charge is 0.216 e. The fourth-order valence-electron chi connectivity index (χ4n) is 1.96. The van der Waals surface area contributed by atoms with E-state index in [4.69, 9.17) is 15.9 Å². The summed E-state index contributed by atoms with van der Waals surface area (Å²) in [5.74, 6) is -0.212. The summed E-state index contributed by atoms with van der Waals surface area (Å²) >= 11 is 0. The maximum Gasteiger partial charge on any atom is 0.216 e. The molecule has 0 aliphatic carbocycles. The highest BCUT2D eigenvalue weighted by molar-refractivity contribution is 7.89. The van der Waals surface area contributed by atoms with Crippen LogP contribution in [0.15, 0.2) is 0 Å². The van der Waals surface area contributed by atoms with E-state index in [1.54, 1.807) is 13.8 Å². The zero-order valence-electron chi connectivity index (χ0n) is 11.1. The third-order valence-corrected chi connectivity index (χ3v) is 5.16. The molecule has 18 heavy (non-hydrogen) atoms. The van der Waals surface area contributed by atoms with Crippen molar-refractivity contribution in [3.8, 4) is 0 Å². The zero-order chi connectivity index (χ0) is 13.8. The SMILES string of the molecule is CCN(CC(C)C(=N)N)S(=O)(=O)CC1CCCO1. The van der Waals surface area contributed by atoms with Crippen LogP contribution < -0.4 is 5.73 Å². The number of rotatable bonds is 7. The predicted octanol–water partition coefficient (Wildman–Crippen LogP) is 0.389. The fourth-order valence-corrected chi connectivity index (χ4v) is 3.75. The van der Waals surface area contributed by atoms with Crippen LogP contribution in [-0.2, 0) is 14.8 Å². The largest absolute Gasteiger partial charge is 0.387 e. The van der Waals surface area contributed by atoms with Crippen LogP contribution in [0.2, 0.25) is 0 Å². The van der Waals surface area contributed by atoms with Gasteiger partial charge in [0.25, 0.3) is 0 Å². The van der Waals surface area contributed by atoms with Crippen molar-refractivity contribution in [2.45, 2.75) is 32.8 Å². The van der Waals surface area contributed by atoms with Gasteiger partial charge in [0, 0.05) is 25.6 Å². The summed E-state index contributed by atoms with van der Waals surface area (Å²) in [7, 11) is -3.33. The van der Waals surface area contributed by atoms with E-state index in [9.17, 15) is 8.42 Å². The number of nitrogens with one attached hydrogen (secondary N) is 1. The van der Waals surface area contributed by atoms with Crippen LogP contribution >= 0.6 is 0 Å². The van der Waals surface area contributed by atoms with Crippen LogP contribution in [0.3, 0.4) is 0 Å². The van der Waals surface area contributed by atoms with Gasteiger partial charge in [-0.3, -0.25) is 5.41 Å². The molecule has 0 bridgehead atoms. The van der Waals surface area contributed by atoms with E-state index in [2.05, 4.69) is 0 Å². The summed E-state index contributed by atoms with van der Waals surface area (Å²) in [5, 5.41) is 7.33. The van der Waals surface area contributed by atoms with Crippen molar-refractivity contribution in [3.05, 3.63) is 0 Å². The number of amidine groups is 1. The molecule has 1 fully saturated rings. The van der Waals surface area contributed by atoms with Crippen LogP contribution in [0.4, 0.5) is 0 Å².